The number of methoxy groups -OCH3 is 5. The van der Waals surface area contributed by atoms with Crippen molar-refractivity contribution < 1.29 is 66.2 Å². The van der Waals surface area contributed by atoms with Crippen LogP contribution in [0.25, 0.3) is 4.85 Å². The van der Waals surface area contributed by atoms with Crippen LogP contribution in [-0.2, 0) is 75.3 Å². The van der Waals surface area contributed by atoms with E-state index in [-0.39, 0.29) is 90.0 Å². The van der Waals surface area contributed by atoms with Crippen molar-refractivity contribution in [3.63, 3.8) is 0 Å². The third kappa shape index (κ3) is 19.7. The summed E-state index contributed by atoms with van der Waals surface area (Å²) in [5, 5.41) is 14.2. The average molecular weight is 1110 g/mol. The van der Waals surface area contributed by atoms with Gasteiger partial charge in [-0.05, 0) is 94.8 Å². The molecule has 3 aromatic carbocycles. The maximum atomic E-state index is 14.0. The Balaban J connectivity index is 1.45. The minimum absolute atomic E-state index is 0.0294. The minimum Gasteiger partial charge on any atom is -0.497 e. The van der Waals surface area contributed by atoms with E-state index in [0.717, 1.165) is 16.7 Å². The zero-order valence-electron chi connectivity index (χ0n) is 46.5. The number of hydrogen-bond acceptors (Lipinski definition) is 18. The van der Waals surface area contributed by atoms with Gasteiger partial charge >= 0.3 is 17.9 Å². The Kier molecular flexibility index (Phi) is 27.6. The van der Waals surface area contributed by atoms with E-state index in [1.807, 2.05) is 85.8 Å². The van der Waals surface area contributed by atoms with Gasteiger partial charge in [-0.3, -0.25) is 28.9 Å². The van der Waals surface area contributed by atoms with E-state index < -0.39 is 56.1 Å². The molecule has 1 heterocycles. The largest absolute Gasteiger partial charge is 0.497 e. The van der Waals surface area contributed by atoms with Gasteiger partial charge in [0.05, 0.1) is 92.7 Å². The maximum Gasteiger partial charge on any atom is 0.323 e. The van der Waals surface area contributed by atoms with Crippen LogP contribution in [0.4, 0.5) is 0 Å². The number of nitrogens with one attached hydrogen (secondary N) is 2. The molecule has 2 N–H and O–H groups in total. The van der Waals surface area contributed by atoms with Gasteiger partial charge in [-0.2, -0.15) is 0 Å². The van der Waals surface area contributed by atoms with E-state index in [9.17, 15) is 24.0 Å². The van der Waals surface area contributed by atoms with E-state index in [0.29, 0.717) is 30.0 Å². The van der Waals surface area contributed by atoms with Gasteiger partial charge in [-0.25, -0.2) is 15.9 Å². The fourth-order valence-electron chi connectivity index (χ4n) is 8.43. The number of esters is 3. The molecule has 426 valence electrons. The molecular formula is C55H77N8O14P. The highest BCUT2D eigenvalue weighted by molar-refractivity contribution is 7.44. The number of ether oxygens (including phenoxy) is 7. The van der Waals surface area contributed by atoms with E-state index in [1.54, 1.807) is 20.4 Å². The van der Waals surface area contributed by atoms with Crippen LogP contribution in [0.5, 0.6) is 11.5 Å². The molecule has 2 amide bonds. The van der Waals surface area contributed by atoms with E-state index >= 15 is 0 Å². The minimum atomic E-state index is -1.71. The molecule has 0 fully saturated rings. The van der Waals surface area contributed by atoms with Crippen LogP contribution in [0.2, 0.25) is 0 Å². The van der Waals surface area contributed by atoms with Crippen molar-refractivity contribution in [1.29, 1.82) is 0 Å². The second kappa shape index (κ2) is 33.7. The summed E-state index contributed by atoms with van der Waals surface area (Å²) in [6, 6.07) is 23.5. The molecule has 22 nitrogen and oxygen atoms in total. The molecule has 0 bridgehead atoms. The molecule has 2 unspecified atom stereocenters. The topological polar surface area (TPSA) is 234 Å². The lowest BCUT2D eigenvalue weighted by molar-refractivity contribution is -0.153. The number of unbranched alkanes of at least 4 members (excludes halogenated alkanes) is 1. The van der Waals surface area contributed by atoms with E-state index in [2.05, 4.69) is 58.2 Å². The van der Waals surface area contributed by atoms with Crippen LogP contribution >= 0.6 is 8.53 Å². The first-order chi connectivity index (χ1) is 37.5. The summed E-state index contributed by atoms with van der Waals surface area (Å²) in [4.78, 5) is 68.4. The number of amides is 2. The third-order valence-electron chi connectivity index (χ3n) is 12.4. The zero-order valence-corrected chi connectivity index (χ0v) is 47.4. The molecule has 1 aromatic heterocycles. The third-order valence-corrected chi connectivity index (χ3v) is 14.6. The fraction of sp³-hybridized carbons (Fsp3) is 0.527. The Labute approximate surface area is 459 Å². The molecule has 0 aliphatic rings. The highest BCUT2D eigenvalue weighted by Crippen LogP contribution is 2.48. The van der Waals surface area contributed by atoms with Gasteiger partial charge in [0.1, 0.15) is 36.4 Å². The zero-order chi connectivity index (χ0) is 57.0. The first kappa shape index (κ1) is 64.0. The van der Waals surface area contributed by atoms with Gasteiger partial charge in [-0.15, -0.1) is 5.10 Å². The molecule has 0 aliphatic heterocycles. The van der Waals surface area contributed by atoms with Gasteiger partial charge in [0.25, 0.3) is 8.53 Å². The molecule has 0 aliphatic carbocycles. The monoisotopic (exact) mass is 1100 g/mol. The number of hydrogen-bond donors (Lipinski definition) is 2. The molecule has 4 atom stereocenters. The number of carbonyl (C=O) groups is 5. The van der Waals surface area contributed by atoms with Crippen molar-refractivity contribution in [2.24, 2.45) is 0 Å². The molecule has 23 heteroatoms. The lowest BCUT2D eigenvalue weighted by atomic mass is 9.80. The summed E-state index contributed by atoms with van der Waals surface area (Å²) in [7, 11) is 5.13. The molecule has 0 spiro atoms. The summed E-state index contributed by atoms with van der Waals surface area (Å²) in [6.45, 7) is 17.4. The Hall–Kier alpha value is -6.57. The summed E-state index contributed by atoms with van der Waals surface area (Å²) in [5.41, 5.74) is 1.63. The standard InChI is InChI=1S/C55H77N8O14P/c1-39(2)63(40(3)4)78(76-31-29-56-6)77-41(5)48(37-75-55(42-17-13-12-14-18-42,43-20-24-46(69-7)25-21-43)44-22-26-47(70-8)27-23-44)58-51(65)38-74-32-30-62-34-45(59-60-62)33-50(64)57-28-16-15-19-49(54(68)73-11)61(35-52(66)71-9)36-53(67)72-10/h12-14,17-18,20-27,34,39-41,48-49H,15-16,19,28-33,35-38H2,1-5,7-11H3,(H,57,64)(H,58,65)/t41-,48-,49?,78?/m1/s1. The van der Waals surface area contributed by atoms with Crippen LogP contribution in [0.3, 0.4) is 0 Å². The second-order valence-corrected chi connectivity index (χ2v) is 19.9. The molecule has 4 aromatic rings. The van der Waals surface area contributed by atoms with E-state index in [4.69, 9.17) is 48.8 Å². The van der Waals surface area contributed by atoms with Crippen molar-refractivity contribution in [3.05, 3.63) is 119 Å². The smallest absolute Gasteiger partial charge is 0.323 e. The molecule has 0 radical (unpaired) electrons. The van der Waals surface area contributed by atoms with Crippen LogP contribution < -0.4 is 20.1 Å². The Morgan fingerprint density at radius 1 is 0.756 bits per heavy atom. The highest BCUT2D eigenvalue weighted by atomic mass is 31.2. The summed E-state index contributed by atoms with van der Waals surface area (Å²) in [6.07, 6.45) is 2.06. The molecule has 4 rings (SSSR count). The van der Waals surface area contributed by atoms with Crippen LogP contribution in [0.15, 0.2) is 85.1 Å². The summed E-state index contributed by atoms with van der Waals surface area (Å²) >= 11 is 0. The first-order valence-electron chi connectivity index (χ1n) is 25.7. The van der Waals surface area contributed by atoms with Gasteiger partial charge in [-0.1, -0.05) is 59.8 Å². The lowest BCUT2D eigenvalue weighted by Crippen LogP contribution is -2.49. The number of benzene rings is 3. The van der Waals surface area contributed by atoms with Crippen molar-refractivity contribution >= 4 is 38.2 Å². The predicted octanol–water partition coefficient (Wildman–Crippen LogP) is 5.51. The molecular weight excluding hydrogens is 1030 g/mol. The van der Waals surface area contributed by atoms with Crippen LogP contribution in [0, 0.1) is 6.57 Å². The number of rotatable bonds is 36. The Bertz CT molecular complexity index is 2420. The van der Waals surface area contributed by atoms with Gasteiger partial charge in [0.2, 0.25) is 18.4 Å². The van der Waals surface area contributed by atoms with E-state index in [1.165, 1.54) is 30.9 Å². The number of aromatic nitrogens is 3. The van der Waals surface area contributed by atoms with Crippen LogP contribution in [-0.4, -0.2) is 173 Å². The molecule has 0 saturated heterocycles. The quantitative estimate of drug-likeness (QED) is 0.0143. The normalized spacial score (nSPS) is 13.1. The van der Waals surface area contributed by atoms with Gasteiger partial charge < -0.3 is 57.7 Å². The van der Waals surface area contributed by atoms with Crippen molar-refractivity contribution in [3.8, 4) is 11.5 Å². The summed E-state index contributed by atoms with van der Waals surface area (Å²) in [5.74, 6) is -1.30. The lowest BCUT2D eigenvalue weighted by Gasteiger charge is -2.40. The van der Waals surface area contributed by atoms with Crippen molar-refractivity contribution in [1.82, 2.24) is 35.2 Å². The van der Waals surface area contributed by atoms with Crippen molar-refractivity contribution in [2.45, 2.75) is 103 Å². The molecule has 78 heavy (non-hydrogen) atoms. The molecule has 0 saturated carbocycles. The maximum absolute atomic E-state index is 14.0. The van der Waals surface area contributed by atoms with Crippen LogP contribution in [0.1, 0.15) is 76.3 Å². The number of nitrogens with zero attached hydrogens (tertiary/aromatic N) is 6. The predicted molar refractivity (Wildman–Crippen MR) is 290 cm³/mol. The average Bonchev–Trinajstić information content (AvgIpc) is 3.90. The first-order valence-corrected chi connectivity index (χ1v) is 26.8. The SMILES string of the molecule is [C-]#[N+]CCOP(O[C@H](C)[C@@H](COC(c1ccccc1)(c1ccc(OC)cc1)c1ccc(OC)cc1)NC(=O)COCCn1cc(CC(=O)NCCCCC(C(=O)OC)N(CC(=O)OC)CC(=O)OC)nn1)N(C(C)C)C(C)C. The highest BCUT2D eigenvalue weighted by Gasteiger charge is 2.40. The Morgan fingerprint density at radius 2 is 1.35 bits per heavy atom. The summed E-state index contributed by atoms with van der Waals surface area (Å²) < 4.78 is 55.3. The van der Waals surface area contributed by atoms with Gasteiger partial charge in [0, 0.05) is 24.8 Å². The fourth-order valence-corrected chi connectivity index (χ4v) is 10.2. The van der Waals surface area contributed by atoms with Gasteiger partial charge in [0.15, 0.2) is 0 Å². The Morgan fingerprint density at radius 3 is 1.88 bits per heavy atom. The van der Waals surface area contributed by atoms with Crippen molar-refractivity contribution in [2.75, 3.05) is 88.2 Å². The number of carbonyl (C=O) groups excluding carboxylic acids is 5. The second-order valence-electron chi connectivity index (χ2n) is 18.5.